The van der Waals surface area contributed by atoms with E-state index in [0.717, 1.165) is 41.6 Å². The van der Waals surface area contributed by atoms with Crippen LogP contribution in [0.1, 0.15) is 28.5 Å². The van der Waals surface area contributed by atoms with Gasteiger partial charge in [0.15, 0.2) is 0 Å². The van der Waals surface area contributed by atoms with Crippen molar-refractivity contribution in [2.75, 3.05) is 11.9 Å². The summed E-state index contributed by atoms with van der Waals surface area (Å²) in [5.74, 6) is -0.905. The van der Waals surface area contributed by atoms with Gasteiger partial charge in [-0.1, -0.05) is 6.07 Å². The molecule has 0 saturated heterocycles. The first-order valence-electron chi connectivity index (χ1n) is 7.76. The summed E-state index contributed by atoms with van der Waals surface area (Å²) in [6.45, 7) is -0.0331. The number of nitrogens with zero attached hydrogens (tertiary/aromatic N) is 2. The molecule has 124 valence electrons. The number of aliphatic hydroxyl groups excluding tert-OH is 1. The fourth-order valence-electron chi connectivity index (χ4n) is 3.19. The Labute approximate surface area is 141 Å². The highest BCUT2D eigenvalue weighted by Crippen LogP contribution is 2.39. The van der Waals surface area contributed by atoms with E-state index >= 15 is 0 Å². The summed E-state index contributed by atoms with van der Waals surface area (Å²) in [6, 6.07) is 3.55. The molecule has 0 saturated carbocycles. The summed E-state index contributed by atoms with van der Waals surface area (Å²) in [5, 5.41) is 14.2. The van der Waals surface area contributed by atoms with E-state index in [-0.39, 0.29) is 12.1 Å². The van der Waals surface area contributed by atoms with Gasteiger partial charge in [-0.3, -0.25) is 0 Å². The lowest BCUT2D eigenvalue weighted by atomic mass is 10.1. The Morgan fingerprint density at radius 2 is 2.00 bits per heavy atom. The molecule has 4 nitrogen and oxygen atoms in total. The van der Waals surface area contributed by atoms with Crippen LogP contribution in [0.5, 0.6) is 0 Å². The quantitative estimate of drug-likeness (QED) is 0.757. The third kappa shape index (κ3) is 2.53. The van der Waals surface area contributed by atoms with Crippen molar-refractivity contribution in [1.29, 1.82) is 0 Å². The summed E-state index contributed by atoms with van der Waals surface area (Å²) in [4.78, 5) is 10.8. The molecule has 1 unspecified atom stereocenters. The largest absolute Gasteiger partial charge is 0.386 e. The van der Waals surface area contributed by atoms with Gasteiger partial charge in [-0.2, -0.15) is 0 Å². The van der Waals surface area contributed by atoms with E-state index in [4.69, 9.17) is 0 Å². The predicted molar refractivity (Wildman–Crippen MR) is 89.2 cm³/mol. The number of rotatable bonds is 4. The number of nitrogens with one attached hydrogen (secondary N) is 1. The van der Waals surface area contributed by atoms with E-state index in [2.05, 4.69) is 15.3 Å². The molecule has 0 bridgehead atoms. The summed E-state index contributed by atoms with van der Waals surface area (Å²) in [5.41, 5.74) is 0.926. The highest BCUT2D eigenvalue weighted by molar-refractivity contribution is 7.19. The topological polar surface area (TPSA) is 58.0 Å². The average Bonchev–Trinajstić information content (AvgIpc) is 3.13. The number of aromatic nitrogens is 2. The molecular formula is C17H15F2N3OS. The number of aryl methyl sites for hydroxylation is 2. The number of halogens is 2. The SMILES string of the molecule is OC(CNc1ncnc2sc3c(c12)CCC3)c1c(F)cccc1F. The molecule has 1 aliphatic carbocycles. The standard InChI is InChI=1S/C17H15F2N3OS/c18-10-4-2-5-11(19)15(10)12(23)7-20-16-14-9-3-1-6-13(9)24-17(14)22-8-21-16/h2,4-5,8,12,23H,1,3,6-7H2,(H,20,21,22). The van der Waals surface area contributed by atoms with Crippen molar-refractivity contribution in [3.63, 3.8) is 0 Å². The summed E-state index contributed by atoms with van der Waals surface area (Å²) < 4.78 is 27.5. The first-order chi connectivity index (χ1) is 11.6. The van der Waals surface area contributed by atoms with E-state index in [0.29, 0.717) is 5.82 Å². The van der Waals surface area contributed by atoms with Crippen molar-refractivity contribution in [2.45, 2.75) is 25.4 Å². The van der Waals surface area contributed by atoms with Gasteiger partial charge >= 0.3 is 0 Å². The van der Waals surface area contributed by atoms with Gasteiger partial charge in [0, 0.05) is 11.4 Å². The lowest BCUT2D eigenvalue weighted by molar-refractivity contribution is 0.181. The molecule has 0 amide bonds. The zero-order valence-corrected chi connectivity index (χ0v) is 13.5. The molecule has 1 aliphatic rings. The number of hydrogen-bond donors (Lipinski definition) is 2. The van der Waals surface area contributed by atoms with E-state index in [1.807, 2.05) is 0 Å². The molecule has 7 heteroatoms. The van der Waals surface area contributed by atoms with Gasteiger partial charge in [0.2, 0.25) is 0 Å². The van der Waals surface area contributed by atoms with E-state index < -0.39 is 17.7 Å². The van der Waals surface area contributed by atoms with E-state index in [9.17, 15) is 13.9 Å². The van der Waals surface area contributed by atoms with Gasteiger partial charge in [0.1, 0.15) is 34.7 Å². The lowest BCUT2D eigenvalue weighted by Gasteiger charge is -2.15. The second kappa shape index (κ2) is 6.07. The molecule has 0 spiro atoms. The third-order valence-corrected chi connectivity index (χ3v) is 5.50. The molecular weight excluding hydrogens is 332 g/mol. The maximum atomic E-state index is 13.8. The van der Waals surface area contributed by atoms with Crippen LogP contribution in [0.2, 0.25) is 0 Å². The minimum absolute atomic E-state index is 0.0331. The third-order valence-electron chi connectivity index (χ3n) is 4.30. The normalized spacial score (nSPS) is 14.8. The second-order valence-electron chi connectivity index (χ2n) is 5.79. The van der Waals surface area contributed by atoms with Gasteiger partial charge in [-0.25, -0.2) is 18.7 Å². The molecule has 24 heavy (non-hydrogen) atoms. The van der Waals surface area contributed by atoms with Crippen molar-refractivity contribution < 1.29 is 13.9 Å². The Balaban J connectivity index is 1.61. The van der Waals surface area contributed by atoms with Crippen molar-refractivity contribution in [3.8, 4) is 0 Å². The first kappa shape index (κ1) is 15.4. The smallest absolute Gasteiger partial charge is 0.138 e. The number of aliphatic hydroxyl groups is 1. The molecule has 2 N–H and O–H groups in total. The number of anilines is 1. The van der Waals surface area contributed by atoms with Crippen LogP contribution in [0.25, 0.3) is 10.2 Å². The summed E-state index contributed by atoms with van der Waals surface area (Å²) in [7, 11) is 0. The number of thiophene rings is 1. The van der Waals surface area contributed by atoms with Gasteiger partial charge in [0.05, 0.1) is 10.9 Å². The molecule has 0 aliphatic heterocycles. The van der Waals surface area contributed by atoms with Crippen LogP contribution in [-0.2, 0) is 12.8 Å². The zero-order chi connectivity index (χ0) is 16.7. The fraction of sp³-hybridized carbons (Fsp3) is 0.294. The zero-order valence-electron chi connectivity index (χ0n) is 12.7. The maximum Gasteiger partial charge on any atom is 0.138 e. The number of benzene rings is 1. The molecule has 3 aromatic rings. The summed E-state index contributed by atoms with van der Waals surface area (Å²) >= 11 is 1.66. The number of hydrogen-bond acceptors (Lipinski definition) is 5. The number of fused-ring (bicyclic) bond motifs is 3. The van der Waals surface area contributed by atoms with Crippen molar-refractivity contribution in [3.05, 3.63) is 52.2 Å². The molecule has 1 atom stereocenters. The van der Waals surface area contributed by atoms with E-state index in [1.165, 1.54) is 22.8 Å². The first-order valence-corrected chi connectivity index (χ1v) is 8.58. The van der Waals surface area contributed by atoms with Crippen LogP contribution in [0.4, 0.5) is 14.6 Å². The Morgan fingerprint density at radius 1 is 1.21 bits per heavy atom. The van der Waals surface area contributed by atoms with Crippen LogP contribution in [0, 0.1) is 11.6 Å². The van der Waals surface area contributed by atoms with Crippen LogP contribution in [0.3, 0.4) is 0 Å². The summed E-state index contributed by atoms with van der Waals surface area (Å²) in [6.07, 6.45) is 3.32. The maximum absolute atomic E-state index is 13.8. The highest BCUT2D eigenvalue weighted by atomic mass is 32.1. The molecule has 2 heterocycles. The molecule has 1 aromatic carbocycles. The Kier molecular flexibility index (Phi) is 3.90. The van der Waals surface area contributed by atoms with Gasteiger partial charge in [-0.15, -0.1) is 11.3 Å². The van der Waals surface area contributed by atoms with Gasteiger partial charge in [0.25, 0.3) is 0 Å². The predicted octanol–water partition coefficient (Wildman–Crippen LogP) is 3.60. The highest BCUT2D eigenvalue weighted by Gasteiger charge is 2.22. The average molecular weight is 347 g/mol. The van der Waals surface area contributed by atoms with Crippen molar-refractivity contribution >= 4 is 27.4 Å². The second-order valence-corrected chi connectivity index (χ2v) is 6.88. The monoisotopic (exact) mass is 347 g/mol. The van der Waals surface area contributed by atoms with Crippen LogP contribution in [-0.4, -0.2) is 21.6 Å². The minimum Gasteiger partial charge on any atom is -0.386 e. The van der Waals surface area contributed by atoms with Gasteiger partial charge in [-0.05, 0) is 37.0 Å². The molecule has 0 fully saturated rings. The molecule has 2 aromatic heterocycles. The van der Waals surface area contributed by atoms with Crippen LogP contribution < -0.4 is 5.32 Å². The minimum atomic E-state index is -1.30. The Bertz CT molecular complexity index is 892. The molecule has 0 radical (unpaired) electrons. The van der Waals surface area contributed by atoms with Crippen LogP contribution >= 0.6 is 11.3 Å². The molecule has 4 rings (SSSR count). The van der Waals surface area contributed by atoms with Crippen molar-refractivity contribution in [1.82, 2.24) is 9.97 Å². The lowest BCUT2D eigenvalue weighted by Crippen LogP contribution is -2.16. The fourth-order valence-corrected chi connectivity index (χ4v) is 4.42. The Hall–Kier alpha value is -2.12. The van der Waals surface area contributed by atoms with Crippen molar-refractivity contribution in [2.24, 2.45) is 0 Å². The van der Waals surface area contributed by atoms with Gasteiger partial charge < -0.3 is 10.4 Å². The van der Waals surface area contributed by atoms with Crippen LogP contribution in [0.15, 0.2) is 24.5 Å². The Morgan fingerprint density at radius 3 is 2.79 bits per heavy atom. The van der Waals surface area contributed by atoms with E-state index in [1.54, 1.807) is 11.3 Å².